The number of carbonyl (C=O) groups excluding carboxylic acids is 1. The smallest absolute Gasteiger partial charge is 0.251 e. The van der Waals surface area contributed by atoms with Gasteiger partial charge in [0.1, 0.15) is 0 Å². The molecule has 5 nitrogen and oxygen atoms in total. The summed E-state index contributed by atoms with van der Waals surface area (Å²) in [6.45, 7) is 6.46. The maximum atomic E-state index is 11.9. The molecule has 0 saturated carbocycles. The highest BCUT2D eigenvalue weighted by molar-refractivity contribution is 5.93. The molecule has 23 heavy (non-hydrogen) atoms. The molecule has 0 spiro atoms. The van der Waals surface area contributed by atoms with Gasteiger partial charge in [0, 0.05) is 24.4 Å². The van der Waals surface area contributed by atoms with Crippen LogP contribution in [0.15, 0.2) is 47.4 Å². The molecule has 2 rings (SSSR count). The van der Waals surface area contributed by atoms with E-state index in [1.165, 1.54) is 23.9 Å². The molecule has 1 unspecified atom stereocenters. The number of hydrogen-bond donors (Lipinski definition) is 3. The van der Waals surface area contributed by atoms with Crippen molar-refractivity contribution in [3.05, 3.63) is 69.6 Å². The Morgan fingerprint density at radius 2 is 1.87 bits per heavy atom. The summed E-state index contributed by atoms with van der Waals surface area (Å²) in [5, 5.41) is 12.8. The average Bonchev–Trinajstić information content (AvgIpc) is 2.51. The quantitative estimate of drug-likeness (QED) is 0.808. The van der Waals surface area contributed by atoms with Gasteiger partial charge in [-0.2, -0.15) is 0 Å². The van der Waals surface area contributed by atoms with Crippen LogP contribution in [0.1, 0.15) is 48.4 Å². The van der Waals surface area contributed by atoms with Gasteiger partial charge in [-0.1, -0.05) is 45.0 Å². The normalized spacial score (nSPS) is 12.7. The van der Waals surface area contributed by atoms with Crippen LogP contribution in [0.3, 0.4) is 0 Å². The van der Waals surface area contributed by atoms with Gasteiger partial charge in [0.15, 0.2) is 0 Å². The predicted octanol–water partition coefficient (Wildman–Crippen LogP) is 2.14. The first-order valence-electron chi connectivity index (χ1n) is 7.53. The van der Waals surface area contributed by atoms with Crippen LogP contribution in [0.25, 0.3) is 0 Å². The average molecular weight is 314 g/mol. The number of benzene rings is 1. The van der Waals surface area contributed by atoms with Gasteiger partial charge < -0.3 is 15.4 Å². The van der Waals surface area contributed by atoms with E-state index >= 15 is 0 Å². The molecule has 1 heterocycles. The van der Waals surface area contributed by atoms with Crippen LogP contribution < -0.4 is 10.9 Å². The van der Waals surface area contributed by atoms with E-state index < -0.39 is 6.10 Å². The highest BCUT2D eigenvalue weighted by atomic mass is 16.3. The lowest BCUT2D eigenvalue weighted by atomic mass is 9.86. The molecular formula is C18H22N2O3. The standard InChI is InChI=1S/C18H22N2O3/c1-18(2,3)14-6-4-12(5-7-14)15(21)11-20-17(23)13-8-9-19-16(22)10-13/h4-10,15,21H,11H2,1-3H3,(H,19,22)(H,20,23). The molecule has 3 N–H and O–H groups in total. The zero-order valence-corrected chi connectivity index (χ0v) is 13.6. The second-order valence-electron chi connectivity index (χ2n) is 6.54. The summed E-state index contributed by atoms with van der Waals surface area (Å²) in [4.78, 5) is 25.6. The zero-order chi connectivity index (χ0) is 17.0. The van der Waals surface area contributed by atoms with E-state index in [4.69, 9.17) is 0 Å². The molecule has 0 aliphatic heterocycles. The molecule has 1 atom stereocenters. The molecule has 1 aromatic heterocycles. The zero-order valence-electron chi connectivity index (χ0n) is 13.6. The number of aliphatic hydroxyl groups is 1. The molecule has 0 saturated heterocycles. The predicted molar refractivity (Wildman–Crippen MR) is 89.5 cm³/mol. The number of nitrogens with one attached hydrogen (secondary N) is 2. The van der Waals surface area contributed by atoms with Gasteiger partial charge in [0.25, 0.3) is 5.91 Å². The molecule has 0 aliphatic carbocycles. The Hall–Kier alpha value is -2.40. The third-order valence-corrected chi connectivity index (χ3v) is 3.65. The summed E-state index contributed by atoms with van der Waals surface area (Å²) < 4.78 is 0. The van der Waals surface area contributed by atoms with Crippen molar-refractivity contribution in [2.24, 2.45) is 0 Å². The second kappa shape index (κ2) is 6.79. The minimum atomic E-state index is -0.796. The van der Waals surface area contributed by atoms with Crippen molar-refractivity contribution < 1.29 is 9.90 Å². The van der Waals surface area contributed by atoms with Crippen LogP contribution >= 0.6 is 0 Å². The Balaban J connectivity index is 1.98. The number of carbonyl (C=O) groups is 1. The summed E-state index contributed by atoms with van der Waals surface area (Å²) in [6, 6.07) is 10.4. The number of aromatic nitrogens is 1. The highest BCUT2D eigenvalue weighted by Crippen LogP contribution is 2.23. The summed E-state index contributed by atoms with van der Waals surface area (Å²) >= 11 is 0. The van der Waals surface area contributed by atoms with Crippen LogP contribution in [0.2, 0.25) is 0 Å². The van der Waals surface area contributed by atoms with E-state index in [1.807, 2.05) is 24.3 Å². The van der Waals surface area contributed by atoms with Gasteiger partial charge in [0.2, 0.25) is 5.56 Å². The van der Waals surface area contributed by atoms with Crippen LogP contribution in [-0.4, -0.2) is 22.5 Å². The van der Waals surface area contributed by atoms with Crippen LogP contribution in [-0.2, 0) is 5.41 Å². The Bertz CT molecular complexity index is 727. The summed E-state index contributed by atoms with van der Waals surface area (Å²) in [5.74, 6) is -0.388. The lowest BCUT2D eigenvalue weighted by Crippen LogP contribution is -2.29. The maximum absolute atomic E-state index is 11.9. The summed E-state index contributed by atoms with van der Waals surface area (Å²) in [6.07, 6.45) is 0.619. The molecule has 0 aliphatic rings. The van der Waals surface area contributed by atoms with Crippen LogP contribution in [0.5, 0.6) is 0 Å². The summed E-state index contributed by atoms with van der Waals surface area (Å²) in [7, 11) is 0. The number of pyridine rings is 1. The third kappa shape index (κ3) is 4.53. The van der Waals surface area contributed by atoms with E-state index in [2.05, 4.69) is 31.1 Å². The van der Waals surface area contributed by atoms with Crippen molar-refractivity contribution in [1.82, 2.24) is 10.3 Å². The molecule has 1 amide bonds. The van der Waals surface area contributed by atoms with Gasteiger partial charge in [-0.25, -0.2) is 0 Å². The monoisotopic (exact) mass is 314 g/mol. The fourth-order valence-corrected chi connectivity index (χ4v) is 2.20. The van der Waals surface area contributed by atoms with E-state index in [9.17, 15) is 14.7 Å². The van der Waals surface area contributed by atoms with E-state index in [1.54, 1.807) is 0 Å². The number of rotatable bonds is 4. The molecule has 0 radical (unpaired) electrons. The first-order chi connectivity index (χ1) is 10.8. The van der Waals surface area contributed by atoms with Gasteiger partial charge in [-0.05, 0) is 22.6 Å². The number of H-pyrrole nitrogens is 1. The Morgan fingerprint density at radius 1 is 1.22 bits per heavy atom. The van der Waals surface area contributed by atoms with Crippen LogP contribution in [0.4, 0.5) is 0 Å². The largest absolute Gasteiger partial charge is 0.387 e. The van der Waals surface area contributed by atoms with Crippen molar-refractivity contribution >= 4 is 5.91 Å². The molecule has 0 bridgehead atoms. The maximum Gasteiger partial charge on any atom is 0.251 e. The second-order valence-corrected chi connectivity index (χ2v) is 6.54. The first kappa shape index (κ1) is 17.0. The van der Waals surface area contributed by atoms with Gasteiger partial charge >= 0.3 is 0 Å². The number of aromatic amines is 1. The van der Waals surface area contributed by atoms with Crippen LogP contribution in [0, 0.1) is 0 Å². The number of aliphatic hydroxyl groups excluding tert-OH is 1. The van der Waals surface area contributed by atoms with Crippen molar-refractivity contribution in [2.75, 3.05) is 6.54 Å². The lowest BCUT2D eigenvalue weighted by molar-refractivity contribution is 0.0916. The number of hydrogen-bond acceptors (Lipinski definition) is 3. The summed E-state index contributed by atoms with van der Waals surface area (Å²) in [5.41, 5.74) is 1.91. The lowest BCUT2D eigenvalue weighted by Gasteiger charge is -2.20. The first-order valence-corrected chi connectivity index (χ1v) is 7.53. The molecule has 122 valence electrons. The van der Waals surface area contributed by atoms with Gasteiger partial charge in [0.05, 0.1) is 6.10 Å². The molecule has 0 fully saturated rings. The Morgan fingerprint density at radius 3 is 2.43 bits per heavy atom. The highest BCUT2D eigenvalue weighted by Gasteiger charge is 2.15. The minimum Gasteiger partial charge on any atom is -0.387 e. The van der Waals surface area contributed by atoms with Crippen molar-refractivity contribution in [3.8, 4) is 0 Å². The minimum absolute atomic E-state index is 0.0536. The van der Waals surface area contributed by atoms with Crippen molar-refractivity contribution in [1.29, 1.82) is 0 Å². The molecule has 1 aromatic carbocycles. The van der Waals surface area contributed by atoms with Gasteiger partial charge in [-0.3, -0.25) is 9.59 Å². The fraction of sp³-hybridized carbons (Fsp3) is 0.333. The van der Waals surface area contributed by atoms with E-state index in [-0.39, 0.29) is 29.0 Å². The van der Waals surface area contributed by atoms with Gasteiger partial charge in [-0.15, -0.1) is 0 Å². The Labute approximate surface area is 135 Å². The fourth-order valence-electron chi connectivity index (χ4n) is 2.20. The molecular weight excluding hydrogens is 292 g/mol. The molecule has 2 aromatic rings. The van der Waals surface area contributed by atoms with Crippen molar-refractivity contribution in [2.45, 2.75) is 32.3 Å². The Kier molecular flexibility index (Phi) is 5.01. The van der Waals surface area contributed by atoms with E-state index in [0.29, 0.717) is 0 Å². The number of amides is 1. The van der Waals surface area contributed by atoms with Crippen molar-refractivity contribution in [3.63, 3.8) is 0 Å². The molecule has 5 heteroatoms. The third-order valence-electron chi connectivity index (χ3n) is 3.65. The van der Waals surface area contributed by atoms with E-state index in [0.717, 1.165) is 5.56 Å². The topological polar surface area (TPSA) is 82.2 Å². The SMILES string of the molecule is CC(C)(C)c1ccc(C(O)CNC(=O)c2cc[nH]c(=O)c2)cc1.